The molecule has 0 spiro atoms. The highest BCUT2D eigenvalue weighted by Crippen LogP contribution is 2.43. The van der Waals surface area contributed by atoms with Crippen LogP contribution in [-0.2, 0) is 11.2 Å². The fraction of sp³-hybridized carbons (Fsp3) is 0.414. The summed E-state index contributed by atoms with van der Waals surface area (Å²) in [5.41, 5.74) is 5.24. The third kappa shape index (κ3) is 5.91. The van der Waals surface area contributed by atoms with Gasteiger partial charge in [0.05, 0.1) is 25.5 Å². The minimum atomic E-state index is -4.16. The van der Waals surface area contributed by atoms with Gasteiger partial charge in [0, 0.05) is 67.2 Å². The SMILES string of the molecule is O=c1cc(N2CCOCC2)cc(-c2cccc3c2Oc2ccc(NC4CCN(CC(F)(F)F)CC4)cc2C3)[nH]1. The lowest BCUT2D eigenvalue weighted by Gasteiger charge is -2.33. The van der Waals surface area contributed by atoms with Crippen LogP contribution < -0.4 is 20.5 Å². The van der Waals surface area contributed by atoms with Crippen molar-refractivity contribution in [1.82, 2.24) is 9.88 Å². The predicted octanol–water partition coefficient (Wildman–Crippen LogP) is 5.01. The second kappa shape index (κ2) is 10.6. The van der Waals surface area contributed by atoms with Crippen molar-refractivity contribution < 1.29 is 22.6 Å². The third-order valence-electron chi connectivity index (χ3n) is 7.61. The lowest BCUT2D eigenvalue weighted by atomic mass is 9.96. The van der Waals surface area contributed by atoms with Gasteiger partial charge in [-0.05, 0) is 48.7 Å². The highest BCUT2D eigenvalue weighted by molar-refractivity contribution is 5.74. The molecule has 206 valence electrons. The largest absolute Gasteiger partial charge is 0.456 e. The molecule has 0 aliphatic carbocycles. The number of benzene rings is 2. The van der Waals surface area contributed by atoms with E-state index in [9.17, 15) is 18.0 Å². The summed E-state index contributed by atoms with van der Waals surface area (Å²) >= 11 is 0. The maximum Gasteiger partial charge on any atom is 0.401 e. The summed E-state index contributed by atoms with van der Waals surface area (Å²) in [6.45, 7) is 2.76. The molecule has 0 atom stereocenters. The molecule has 1 aromatic heterocycles. The normalized spacial score (nSPS) is 18.3. The molecule has 2 aromatic carbocycles. The number of anilines is 2. The quantitative estimate of drug-likeness (QED) is 0.371. The van der Waals surface area contributed by atoms with Crippen molar-refractivity contribution in [2.75, 3.05) is 56.2 Å². The van der Waals surface area contributed by atoms with Crippen LogP contribution >= 0.6 is 0 Å². The first-order chi connectivity index (χ1) is 18.8. The minimum Gasteiger partial charge on any atom is -0.456 e. The molecule has 3 aromatic rings. The molecule has 2 saturated heterocycles. The van der Waals surface area contributed by atoms with Crippen molar-refractivity contribution in [1.29, 1.82) is 0 Å². The first-order valence-electron chi connectivity index (χ1n) is 13.4. The number of nitrogens with one attached hydrogen (secondary N) is 2. The summed E-state index contributed by atoms with van der Waals surface area (Å²) in [6.07, 6.45) is -2.16. The van der Waals surface area contributed by atoms with Crippen LogP contribution in [0.2, 0.25) is 0 Å². The fourth-order valence-corrected chi connectivity index (χ4v) is 5.68. The Labute approximate surface area is 224 Å². The molecule has 6 rings (SSSR count). The molecule has 0 radical (unpaired) electrons. The van der Waals surface area contributed by atoms with Gasteiger partial charge >= 0.3 is 6.18 Å². The number of nitrogens with zero attached hydrogens (tertiary/aromatic N) is 2. The van der Waals surface area contributed by atoms with E-state index in [1.807, 2.05) is 36.4 Å². The van der Waals surface area contributed by atoms with E-state index in [0.717, 1.165) is 52.7 Å². The number of fused-ring (bicyclic) bond motifs is 2. The van der Waals surface area contributed by atoms with E-state index < -0.39 is 12.7 Å². The van der Waals surface area contributed by atoms with Gasteiger partial charge in [-0.25, -0.2) is 0 Å². The second-order valence-corrected chi connectivity index (χ2v) is 10.4. The smallest absolute Gasteiger partial charge is 0.401 e. The van der Waals surface area contributed by atoms with Gasteiger partial charge in [0.25, 0.3) is 0 Å². The number of halogens is 3. The molecule has 2 fully saturated rings. The molecule has 39 heavy (non-hydrogen) atoms. The van der Waals surface area contributed by atoms with Crippen molar-refractivity contribution in [3.8, 4) is 22.8 Å². The van der Waals surface area contributed by atoms with E-state index >= 15 is 0 Å². The number of para-hydroxylation sites is 1. The number of hydrogen-bond donors (Lipinski definition) is 2. The Bertz CT molecular complexity index is 1390. The van der Waals surface area contributed by atoms with Gasteiger partial charge in [0.15, 0.2) is 0 Å². The Morgan fingerprint density at radius 3 is 2.54 bits per heavy atom. The van der Waals surface area contributed by atoms with Crippen LogP contribution in [0.25, 0.3) is 11.3 Å². The number of alkyl halides is 3. The topological polar surface area (TPSA) is 69.8 Å². The lowest BCUT2D eigenvalue weighted by molar-refractivity contribution is -0.147. The van der Waals surface area contributed by atoms with Crippen LogP contribution in [0.15, 0.2) is 53.3 Å². The molecule has 4 heterocycles. The molecule has 3 aliphatic heterocycles. The standard InChI is InChI=1S/C29H31F3N4O3/c30-29(31,32)18-35-8-6-21(7-9-35)33-22-4-5-26-20(15-22)14-19-2-1-3-24(28(19)39-26)25-16-23(17-27(37)34-25)36-10-12-38-13-11-36/h1-5,15-17,21,33H,6-14,18H2,(H,34,37). The molecule has 0 bridgehead atoms. The Balaban J connectivity index is 1.18. The van der Waals surface area contributed by atoms with E-state index in [-0.39, 0.29) is 11.6 Å². The van der Waals surface area contributed by atoms with Gasteiger partial charge < -0.3 is 24.7 Å². The molecule has 2 N–H and O–H groups in total. The summed E-state index contributed by atoms with van der Waals surface area (Å²) in [5.74, 6) is 1.49. The van der Waals surface area contributed by atoms with Crippen LogP contribution in [0.3, 0.4) is 0 Å². The Morgan fingerprint density at radius 2 is 1.77 bits per heavy atom. The third-order valence-corrected chi connectivity index (χ3v) is 7.61. The number of piperidine rings is 1. The van der Waals surface area contributed by atoms with Crippen molar-refractivity contribution in [3.05, 3.63) is 70.0 Å². The average molecular weight is 541 g/mol. The Kier molecular flexibility index (Phi) is 6.99. The van der Waals surface area contributed by atoms with Gasteiger partial charge in [-0.2, -0.15) is 13.2 Å². The summed E-state index contributed by atoms with van der Waals surface area (Å²) in [6, 6.07) is 15.7. The molecule has 0 amide bonds. The molecular formula is C29H31F3N4O3. The van der Waals surface area contributed by atoms with Crippen LogP contribution in [0.1, 0.15) is 24.0 Å². The van der Waals surface area contributed by atoms with E-state index in [4.69, 9.17) is 9.47 Å². The van der Waals surface area contributed by atoms with E-state index in [1.54, 1.807) is 6.07 Å². The maximum atomic E-state index is 12.7. The summed E-state index contributed by atoms with van der Waals surface area (Å²) < 4.78 is 49.9. The number of aromatic nitrogens is 1. The van der Waals surface area contributed by atoms with Crippen LogP contribution in [0, 0.1) is 0 Å². The Hall–Kier alpha value is -3.50. The number of hydrogen-bond acceptors (Lipinski definition) is 6. The van der Waals surface area contributed by atoms with Crippen LogP contribution in [-0.4, -0.2) is 68.0 Å². The molecule has 3 aliphatic rings. The number of aromatic amines is 1. The molecule has 10 heteroatoms. The number of likely N-dealkylation sites (tertiary alicyclic amines) is 1. The average Bonchev–Trinajstić information content (AvgIpc) is 2.92. The van der Waals surface area contributed by atoms with E-state index in [2.05, 4.69) is 21.3 Å². The molecule has 0 saturated carbocycles. The Morgan fingerprint density at radius 1 is 0.974 bits per heavy atom. The fourth-order valence-electron chi connectivity index (χ4n) is 5.68. The molecule has 0 unspecified atom stereocenters. The number of rotatable bonds is 5. The van der Waals surface area contributed by atoms with Crippen LogP contribution in [0.4, 0.5) is 24.5 Å². The lowest BCUT2D eigenvalue weighted by Crippen LogP contribution is -2.43. The summed E-state index contributed by atoms with van der Waals surface area (Å²) in [7, 11) is 0. The van der Waals surface area contributed by atoms with Gasteiger partial charge in [-0.3, -0.25) is 9.69 Å². The maximum absolute atomic E-state index is 12.7. The second-order valence-electron chi connectivity index (χ2n) is 10.4. The number of morpholine rings is 1. The zero-order valence-corrected chi connectivity index (χ0v) is 21.5. The first kappa shape index (κ1) is 25.8. The van der Waals surface area contributed by atoms with Gasteiger partial charge in [0.2, 0.25) is 5.56 Å². The minimum absolute atomic E-state index is 0.131. The summed E-state index contributed by atoms with van der Waals surface area (Å²) in [5, 5.41) is 3.50. The number of H-pyrrole nitrogens is 1. The zero-order chi connectivity index (χ0) is 27.0. The van der Waals surface area contributed by atoms with E-state index in [1.165, 1.54) is 4.90 Å². The van der Waals surface area contributed by atoms with E-state index in [0.29, 0.717) is 51.3 Å². The van der Waals surface area contributed by atoms with Crippen molar-refractivity contribution in [2.24, 2.45) is 0 Å². The predicted molar refractivity (Wildman–Crippen MR) is 144 cm³/mol. The van der Waals surface area contributed by atoms with Crippen molar-refractivity contribution >= 4 is 11.4 Å². The molecular weight excluding hydrogens is 509 g/mol. The van der Waals surface area contributed by atoms with Gasteiger partial charge in [-0.1, -0.05) is 12.1 Å². The van der Waals surface area contributed by atoms with Gasteiger partial charge in [0.1, 0.15) is 11.5 Å². The number of ether oxygens (including phenoxy) is 2. The molecule has 7 nitrogen and oxygen atoms in total. The zero-order valence-electron chi connectivity index (χ0n) is 21.5. The van der Waals surface area contributed by atoms with Gasteiger partial charge in [-0.15, -0.1) is 0 Å². The van der Waals surface area contributed by atoms with Crippen molar-refractivity contribution in [3.63, 3.8) is 0 Å². The monoisotopic (exact) mass is 540 g/mol. The first-order valence-corrected chi connectivity index (χ1v) is 13.4. The highest BCUT2D eigenvalue weighted by atomic mass is 19.4. The highest BCUT2D eigenvalue weighted by Gasteiger charge is 2.32. The number of pyridine rings is 1. The van der Waals surface area contributed by atoms with Crippen LogP contribution in [0.5, 0.6) is 11.5 Å². The summed E-state index contributed by atoms with van der Waals surface area (Å²) in [4.78, 5) is 19.2. The van der Waals surface area contributed by atoms with Crippen molar-refractivity contribution in [2.45, 2.75) is 31.5 Å².